The Balaban J connectivity index is 0.976. The fourth-order valence-electron chi connectivity index (χ4n) is 9.07. The van der Waals surface area contributed by atoms with Crippen molar-refractivity contribution in [1.82, 2.24) is 15.0 Å². The van der Waals surface area contributed by atoms with E-state index in [1.54, 1.807) is 6.20 Å². The largest absolute Gasteiger partial charge is 0.264 e. The summed E-state index contributed by atoms with van der Waals surface area (Å²) in [6.45, 7) is 4.71. The molecule has 1 aliphatic carbocycles. The Morgan fingerprint density at radius 2 is 0.966 bits per heavy atom. The fourth-order valence-corrected chi connectivity index (χ4v) is 9.07. The standard InChI is InChI=1S/C56H39N3/c1-56(2)51-28-25-42(32-49(51)50-31-40-14-6-7-15-41(40)33-52(50)56)36-21-23-37(24-22-36)45-26-27-48(47-20-9-8-19-46(45)47)54-34-53(58-55(59-54)38-12-4-3-5-13-38)43-17-10-16-39(30-43)44-18-11-29-57-35-44/h3-35H,1-2H3. The monoisotopic (exact) mass is 753 g/mol. The van der Waals surface area contributed by atoms with Crippen LogP contribution in [0.3, 0.4) is 0 Å². The molecule has 11 rings (SSSR count). The number of aromatic nitrogens is 3. The van der Waals surface area contributed by atoms with E-state index in [-0.39, 0.29) is 5.41 Å². The summed E-state index contributed by atoms with van der Waals surface area (Å²) >= 11 is 0. The van der Waals surface area contributed by atoms with Crippen LogP contribution in [0.1, 0.15) is 25.0 Å². The number of nitrogens with zero attached hydrogens (tertiary/aromatic N) is 3. The molecule has 59 heavy (non-hydrogen) atoms. The third-order valence-corrected chi connectivity index (χ3v) is 12.2. The van der Waals surface area contributed by atoms with Crippen molar-refractivity contribution in [2.45, 2.75) is 19.3 Å². The molecule has 0 spiro atoms. The zero-order chi connectivity index (χ0) is 39.5. The molecule has 0 unspecified atom stereocenters. The van der Waals surface area contributed by atoms with Crippen molar-refractivity contribution in [3.63, 3.8) is 0 Å². The van der Waals surface area contributed by atoms with E-state index in [2.05, 4.69) is 183 Å². The maximum Gasteiger partial charge on any atom is 0.160 e. The lowest BCUT2D eigenvalue weighted by atomic mass is 9.81. The van der Waals surface area contributed by atoms with Gasteiger partial charge in [-0.2, -0.15) is 0 Å². The lowest BCUT2D eigenvalue weighted by molar-refractivity contribution is 0.661. The molecular weight excluding hydrogens is 715 g/mol. The lowest BCUT2D eigenvalue weighted by Gasteiger charge is -2.22. The van der Waals surface area contributed by atoms with Gasteiger partial charge in [0.2, 0.25) is 0 Å². The molecule has 2 heterocycles. The van der Waals surface area contributed by atoms with Crippen LogP contribution in [-0.4, -0.2) is 15.0 Å². The first kappa shape index (κ1) is 34.7. The molecule has 0 saturated carbocycles. The normalized spacial score (nSPS) is 12.7. The number of hydrogen-bond donors (Lipinski definition) is 0. The third kappa shape index (κ3) is 6.02. The van der Waals surface area contributed by atoms with Crippen molar-refractivity contribution >= 4 is 21.5 Å². The molecule has 0 radical (unpaired) electrons. The highest BCUT2D eigenvalue weighted by Gasteiger charge is 2.35. The molecule has 0 atom stereocenters. The van der Waals surface area contributed by atoms with E-state index in [9.17, 15) is 0 Å². The van der Waals surface area contributed by atoms with E-state index < -0.39 is 0 Å². The molecule has 2 aromatic heterocycles. The number of fused-ring (bicyclic) bond motifs is 5. The summed E-state index contributed by atoms with van der Waals surface area (Å²) in [5.74, 6) is 0.695. The number of pyridine rings is 1. The summed E-state index contributed by atoms with van der Waals surface area (Å²) in [6.07, 6.45) is 3.70. The van der Waals surface area contributed by atoms with Crippen LogP contribution < -0.4 is 0 Å². The van der Waals surface area contributed by atoms with Crippen molar-refractivity contribution in [1.29, 1.82) is 0 Å². The van der Waals surface area contributed by atoms with E-state index in [0.717, 1.165) is 44.6 Å². The quantitative estimate of drug-likeness (QED) is 0.170. The van der Waals surface area contributed by atoms with Gasteiger partial charge in [0.25, 0.3) is 0 Å². The second-order valence-electron chi connectivity index (χ2n) is 16.1. The van der Waals surface area contributed by atoms with Gasteiger partial charge in [0.15, 0.2) is 5.82 Å². The van der Waals surface area contributed by atoms with Gasteiger partial charge in [0.1, 0.15) is 0 Å². The number of benzene rings is 8. The molecule has 1 aliphatic rings. The molecule has 0 bridgehead atoms. The minimum Gasteiger partial charge on any atom is -0.264 e. The number of hydrogen-bond acceptors (Lipinski definition) is 3. The highest BCUT2D eigenvalue weighted by molar-refractivity contribution is 6.05. The van der Waals surface area contributed by atoms with Gasteiger partial charge in [0, 0.05) is 40.1 Å². The highest BCUT2D eigenvalue weighted by Crippen LogP contribution is 2.51. The average Bonchev–Trinajstić information content (AvgIpc) is 3.52. The molecular formula is C56H39N3. The second-order valence-corrected chi connectivity index (χ2v) is 16.1. The third-order valence-electron chi connectivity index (χ3n) is 12.2. The van der Waals surface area contributed by atoms with Gasteiger partial charge in [-0.15, -0.1) is 0 Å². The van der Waals surface area contributed by atoms with E-state index in [1.165, 1.54) is 60.7 Å². The summed E-state index contributed by atoms with van der Waals surface area (Å²) < 4.78 is 0. The van der Waals surface area contributed by atoms with Crippen molar-refractivity contribution < 1.29 is 0 Å². The fraction of sp³-hybridized carbons (Fsp3) is 0.0536. The average molecular weight is 754 g/mol. The summed E-state index contributed by atoms with van der Waals surface area (Å²) in [6, 6.07) is 67.7. The lowest BCUT2D eigenvalue weighted by Crippen LogP contribution is -2.14. The van der Waals surface area contributed by atoms with Gasteiger partial charge in [-0.3, -0.25) is 4.98 Å². The van der Waals surface area contributed by atoms with Crippen LogP contribution in [0.5, 0.6) is 0 Å². The highest BCUT2D eigenvalue weighted by atomic mass is 14.9. The van der Waals surface area contributed by atoms with Crippen LogP contribution >= 0.6 is 0 Å². The zero-order valence-electron chi connectivity index (χ0n) is 32.9. The SMILES string of the molecule is CC1(C)c2ccc(-c3ccc(-c4ccc(-c5cc(-c6cccc(-c7cccnc7)c6)nc(-c6ccccc6)n5)c5ccccc45)cc3)cc2-c2cc3ccccc3cc21. The molecule has 0 aliphatic heterocycles. The van der Waals surface area contributed by atoms with Crippen LogP contribution in [-0.2, 0) is 5.41 Å². The first-order chi connectivity index (χ1) is 29.0. The molecule has 8 aromatic carbocycles. The second kappa shape index (κ2) is 13.9. The summed E-state index contributed by atoms with van der Waals surface area (Å²) in [5.41, 5.74) is 17.2. The molecule has 3 heteroatoms. The van der Waals surface area contributed by atoms with Crippen LogP contribution in [0.25, 0.3) is 100.0 Å². The van der Waals surface area contributed by atoms with Crippen molar-refractivity contribution in [3.05, 3.63) is 212 Å². The van der Waals surface area contributed by atoms with E-state index in [4.69, 9.17) is 9.97 Å². The molecule has 0 N–H and O–H groups in total. The van der Waals surface area contributed by atoms with Gasteiger partial charge in [-0.25, -0.2) is 9.97 Å². The topological polar surface area (TPSA) is 38.7 Å². The summed E-state index contributed by atoms with van der Waals surface area (Å²) in [5, 5.41) is 4.91. The summed E-state index contributed by atoms with van der Waals surface area (Å²) in [7, 11) is 0. The van der Waals surface area contributed by atoms with Crippen molar-refractivity contribution in [3.8, 4) is 78.4 Å². The van der Waals surface area contributed by atoms with Crippen LogP contribution in [0.15, 0.2) is 200 Å². The minimum absolute atomic E-state index is 0.0495. The molecule has 278 valence electrons. The minimum atomic E-state index is -0.0495. The molecule has 3 nitrogen and oxygen atoms in total. The Morgan fingerprint density at radius 3 is 1.76 bits per heavy atom. The van der Waals surface area contributed by atoms with E-state index >= 15 is 0 Å². The van der Waals surface area contributed by atoms with Crippen LogP contribution in [0, 0.1) is 0 Å². The van der Waals surface area contributed by atoms with Gasteiger partial charge < -0.3 is 0 Å². The molecule has 10 aromatic rings. The zero-order valence-corrected chi connectivity index (χ0v) is 32.9. The van der Waals surface area contributed by atoms with Crippen molar-refractivity contribution in [2.75, 3.05) is 0 Å². The Hall–Kier alpha value is -7.49. The predicted octanol–water partition coefficient (Wildman–Crippen LogP) is 14.5. The van der Waals surface area contributed by atoms with Crippen LogP contribution in [0.2, 0.25) is 0 Å². The first-order valence-corrected chi connectivity index (χ1v) is 20.2. The van der Waals surface area contributed by atoms with Gasteiger partial charge in [-0.05, 0) is 108 Å². The number of rotatable bonds is 6. The predicted molar refractivity (Wildman–Crippen MR) is 245 cm³/mol. The molecule has 0 fully saturated rings. The smallest absolute Gasteiger partial charge is 0.160 e. The van der Waals surface area contributed by atoms with Gasteiger partial charge >= 0.3 is 0 Å². The Morgan fingerprint density at radius 1 is 0.356 bits per heavy atom. The maximum absolute atomic E-state index is 5.22. The summed E-state index contributed by atoms with van der Waals surface area (Å²) in [4.78, 5) is 14.7. The molecule has 0 saturated heterocycles. The Kier molecular flexibility index (Phi) is 8.16. The Bertz CT molecular complexity index is 3220. The van der Waals surface area contributed by atoms with Crippen LogP contribution in [0.4, 0.5) is 0 Å². The van der Waals surface area contributed by atoms with E-state index in [0.29, 0.717) is 5.82 Å². The van der Waals surface area contributed by atoms with Gasteiger partial charge in [-0.1, -0.05) is 166 Å². The van der Waals surface area contributed by atoms with E-state index in [1.807, 2.05) is 30.5 Å². The van der Waals surface area contributed by atoms with Crippen molar-refractivity contribution in [2.24, 2.45) is 0 Å². The molecule has 0 amide bonds. The Labute approximate surface area is 344 Å². The van der Waals surface area contributed by atoms with Gasteiger partial charge in [0.05, 0.1) is 11.4 Å². The first-order valence-electron chi connectivity index (χ1n) is 20.2. The maximum atomic E-state index is 5.22.